The van der Waals surface area contributed by atoms with Crippen molar-refractivity contribution in [2.75, 3.05) is 24.2 Å². The van der Waals surface area contributed by atoms with Crippen LogP contribution in [0.3, 0.4) is 0 Å². The summed E-state index contributed by atoms with van der Waals surface area (Å²) in [5, 5.41) is 29.5. The maximum Gasteiger partial charge on any atom is 0.233 e. The highest BCUT2D eigenvalue weighted by Gasteiger charge is 2.15. The van der Waals surface area contributed by atoms with Crippen LogP contribution in [0.1, 0.15) is 12.8 Å². The molecule has 0 aliphatic carbocycles. The van der Waals surface area contributed by atoms with Crippen molar-refractivity contribution in [3.8, 4) is 23.6 Å². The van der Waals surface area contributed by atoms with E-state index in [-0.39, 0.29) is 24.5 Å². The van der Waals surface area contributed by atoms with Crippen molar-refractivity contribution in [2.24, 2.45) is 0 Å². The third-order valence-corrected chi connectivity index (χ3v) is 6.11. The summed E-state index contributed by atoms with van der Waals surface area (Å²) >= 11 is 2.63. The molecule has 3 aromatic rings. The first-order chi connectivity index (χ1) is 15.7. The van der Waals surface area contributed by atoms with Crippen LogP contribution in [0.5, 0.6) is 11.5 Å². The van der Waals surface area contributed by atoms with Gasteiger partial charge in [0.2, 0.25) is 11.0 Å². The molecule has 0 spiro atoms. The second-order valence-corrected chi connectivity index (χ2v) is 8.62. The number of ether oxygens (including phenoxy) is 1. The Morgan fingerprint density at radius 1 is 1.00 bits per heavy atom. The van der Waals surface area contributed by atoms with Gasteiger partial charge in [-0.05, 0) is 36.4 Å². The molecule has 3 rings (SSSR count). The second kappa shape index (κ2) is 12.3. The average molecular weight is 465 g/mol. The summed E-state index contributed by atoms with van der Waals surface area (Å²) in [4.78, 5) is 13.9. The largest absolute Gasteiger partial charge is 0.457 e. The molecule has 162 valence electrons. The van der Waals surface area contributed by atoms with Crippen LogP contribution < -0.4 is 10.1 Å². The molecule has 32 heavy (non-hydrogen) atoms. The molecule has 0 saturated heterocycles. The summed E-state index contributed by atoms with van der Waals surface area (Å²) in [5.74, 6) is 1.55. The Morgan fingerprint density at radius 2 is 1.66 bits per heavy atom. The lowest BCUT2D eigenvalue weighted by molar-refractivity contribution is -0.128. The van der Waals surface area contributed by atoms with Crippen LogP contribution in [0.4, 0.5) is 10.8 Å². The first-order valence-corrected chi connectivity index (χ1v) is 11.6. The molecule has 2 aromatic carbocycles. The van der Waals surface area contributed by atoms with Crippen LogP contribution in [0, 0.1) is 22.7 Å². The van der Waals surface area contributed by atoms with Gasteiger partial charge in [0.25, 0.3) is 0 Å². The molecule has 0 saturated carbocycles. The normalized spacial score (nSPS) is 10.1. The molecule has 0 bridgehead atoms. The van der Waals surface area contributed by atoms with Crippen LogP contribution in [0.25, 0.3) is 0 Å². The van der Waals surface area contributed by atoms with Crippen LogP contribution >= 0.6 is 23.1 Å². The first kappa shape index (κ1) is 23.1. The number of para-hydroxylation sites is 1. The number of carbonyl (C=O) groups excluding carboxylic acids is 1. The molecule has 1 heterocycles. The van der Waals surface area contributed by atoms with E-state index < -0.39 is 0 Å². The van der Waals surface area contributed by atoms with Crippen molar-refractivity contribution in [3.63, 3.8) is 0 Å². The smallest absolute Gasteiger partial charge is 0.233 e. The van der Waals surface area contributed by atoms with Gasteiger partial charge in [0, 0.05) is 18.8 Å². The SMILES string of the molecule is N#CCCN(CCC#N)C(=O)CSc1nnc(Nc2ccc(Oc3ccccc3)cc2)s1. The minimum absolute atomic E-state index is 0.126. The van der Waals surface area contributed by atoms with Gasteiger partial charge in [0.05, 0.1) is 30.7 Å². The fraction of sp³-hybridized carbons (Fsp3) is 0.227. The highest BCUT2D eigenvalue weighted by Crippen LogP contribution is 2.29. The number of nitrogens with one attached hydrogen (secondary N) is 1. The summed E-state index contributed by atoms with van der Waals surface area (Å²) in [6.07, 6.45) is 0.480. The Morgan fingerprint density at radius 3 is 2.31 bits per heavy atom. The van der Waals surface area contributed by atoms with Crippen LogP contribution in [-0.4, -0.2) is 39.8 Å². The number of nitrogens with zero attached hydrogens (tertiary/aromatic N) is 5. The molecule has 1 N–H and O–H groups in total. The van der Waals surface area contributed by atoms with Crippen molar-refractivity contribution >= 4 is 39.8 Å². The fourth-order valence-corrected chi connectivity index (χ4v) is 4.29. The highest BCUT2D eigenvalue weighted by atomic mass is 32.2. The molecule has 1 amide bonds. The van der Waals surface area contributed by atoms with E-state index in [0.29, 0.717) is 22.6 Å². The zero-order valence-electron chi connectivity index (χ0n) is 17.1. The Balaban J connectivity index is 1.50. The fourth-order valence-electron chi connectivity index (χ4n) is 2.62. The van der Waals surface area contributed by atoms with Gasteiger partial charge in [-0.1, -0.05) is 41.3 Å². The molecule has 8 nitrogen and oxygen atoms in total. The molecular formula is C22H20N6O2S2. The number of hydrogen-bond acceptors (Lipinski definition) is 9. The Labute approximate surface area is 194 Å². The van der Waals surface area contributed by atoms with E-state index >= 15 is 0 Å². The van der Waals surface area contributed by atoms with Gasteiger partial charge in [0.15, 0.2) is 4.34 Å². The zero-order valence-corrected chi connectivity index (χ0v) is 18.7. The monoisotopic (exact) mass is 464 g/mol. The molecular weight excluding hydrogens is 444 g/mol. The van der Waals surface area contributed by atoms with E-state index in [9.17, 15) is 4.79 Å². The first-order valence-electron chi connectivity index (χ1n) is 9.76. The van der Waals surface area contributed by atoms with Gasteiger partial charge in [-0.3, -0.25) is 4.79 Å². The molecule has 10 heteroatoms. The van der Waals surface area contributed by atoms with E-state index in [1.807, 2.05) is 66.7 Å². The maximum absolute atomic E-state index is 12.4. The number of nitriles is 2. The molecule has 1 aromatic heterocycles. The summed E-state index contributed by atoms with van der Waals surface area (Å²) in [7, 11) is 0. The Bertz CT molecular complexity index is 1070. The third-order valence-electron chi connectivity index (χ3n) is 4.15. The van der Waals surface area contributed by atoms with E-state index in [1.54, 1.807) is 4.90 Å². The van der Waals surface area contributed by atoms with Crippen molar-refractivity contribution in [1.29, 1.82) is 10.5 Å². The number of benzene rings is 2. The Kier molecular flexibility index (Phi) is 8.87. The van der Waals surface area contributed by atoms with Gasteiger partial charge in [-0.25, -0.2) is 0 Å². The number of rotatable bonds is 11. The van der Waals surface area contributed by atoms with Gasteiger partial charge in [-0.2, -0.15) is 10.5 Å². The summed E-state index contributed by atoms with van der Waals surface area (Å²) in [5.41, 5.74) is 0.841. The number of thioether (sulfide) groups is 1. The third kappa shape index (κ3) is 7.27. The molecule has 0 fully saturated rings. The summed E-state index contributed by atoms with van der Waals surface area (Å²) in [6.45, 7) is 0.648. The predicted octanol–water partition coefficient (Wildman–Crippen LogP) is 4.82. The van der Waals surface area contributed by atoms with Crippen molar-refractivity contribution < 1.29 is 9.53 Å². The quantitative estimate of drug-likeness (QED) is 0.402. The molecule has 0 unspecified atom stereocenters. The molecule has 0 radical (unpaired) electrons. The van der Waals surface area contributed by atoms with Crippen LogP contribution in [-0.2, 0) is 4.79 Å². The van der Waals surface area contributed by atoms with Crippen LogP contribution in [0.15, 0.2) is 58.9 Å². The molecule has 0 aliphatic heterocycles. The highest BCUT2D eigenvalue weighted by molar-refractivity contribution is 8.01. The van der Waals surface area contributed by atoms with Crippen LogP contribution in [0.2, 0.25) is 0 Å². The van der Waals surface area contributed by atoms with Gasteiger partial charge in [-0.15, -0.1) is 10.2 Å². The lowest BCUT2D eigenvalue weighted by Crippen LogP contribution is -2.34. The minimum atomic E-state index is -0.126. The van der Waals surface area contributed by atoms with E-state index in [2.05, 4.69) is 15.5 Å². The maximum atomic E-state index is 12.4. The lowest BCUT2D eigenvalue weighted by Gasteiger charge is -2.19. The predicted molar refractivity (Wildman–Crippen MR) is 124 cm³/mol. The van der Waals surface area contributed by atoms with E-state index in [0.717, 1.165) is 17.2 Å². The van der Waals surface area contributed by atoms with Crippen molar-refractivity contribution in [1.82, 2.24) is 15.1 Å². The summed E-state index contributed by atoms with van der Waals surface area (Å²) in [6, 6.07) is 21.1. The van der Waals surface area contributed by atoms with E-state index in [1.165, 1.54) is 23.1 Å². The van der Waals surface area contributed by atoms with Crippen molar-refractivity contribution in [3.05, 3.63) is 54.6 Å². The number of carbonyl (C=O) groups is 1. The zero-order chi connectivity index (χ0) is 22.6. The van der Waals surface area contributed by atoms with E-state index in [4.69, 9.17) is 15.3 Å². The lowest BCUT2D eigenvalue weighted by atomic mass is 10.3. The molecule has 0 atom stereocenters. The number of anilines is 2. The standard InChI is InChI=1S/C22H20N6O2S2/c23-12-4-14-28(15-5-13-24)20(29)16-31-22-27-26-21(32-22)25-17-8-10-19(11-9-17)30-18-6-2-1-3-7-18/h1-3,6-11H,4-5,14-16H2,(H,25,26). The second-order valence-electron chi connectivity index (χ2n) is 6.42. The number of hydrogen-bond donors (Lipinski definition) is 1. The minimum Gasteiger partial charge on any atom is -0.457 e. The van der Waals surface area contributed by atoms with Gasteiger partial charge >= 0.3 is 0 Å². The summed E-state index contributed by atoms with van der Waals surface area (Å²) < 4.78 is 6.44. The average Bonchev–Trinajstić information content (AvgIpc) is 3.27. The number of aromatic nitrogens is 2. The van der Waals surface area contributed by atoms with Gasteiger partial charge in [0.1, 0.15) is 11.5 Å². The van der Waals surface area contributed by atoms with Crippen molar-refractivity contribution in [2.45, 2.75) is 17.2 Å². The van der Waals surface area contributed by atoms with Gasteiger partial charge < -0.3 is 15.0 Å². The number of amides is 1. The topological polar surface area (TPSA) is 115 Å². The molecule has 0 aliphatic rings. The Hall–Kier alpha value is -3.60.